The second-order valence-corrected chi connectivity index (χ2v) is 7.22. The summed E-state index contributed by atoms with van der Waals surface area (Å²) in [6.07, 6.45) is 1.89. The molecule has 1 saturated carbocycles. The molecule has 1 fully saturated rings. The van der Waals surface area contributed by atoms with Crippen LogP contribution in [-0.2, 0) is 10.0 Å². The zero-order chi connectivity index (χ0) is 17.2. The van der Waals surface area contributed by atoms with Crippen molar-refractivity contribution < 1.29 is 13.2 Å². The van der Waals surface area contributed by atoms with Gasteiger partial charge >= 0.3 is 0 Å². The maximum Gasteiger partial charge on any atom is 0.261 e. The summed E-state index contributed by atoms with van der Waals surface area (Å²) in [7, 11) is -3.90. The smallest absolute Gasteiger partial charge is 0.261 e. The molecule has 0 atom stereocenters. The lowest BCUT2D eigenvalue weighted by Crippen LogP contribution is -2.27. The quantitative estimate of drug-likeness (QED) is 0.871. The van der Waals surface area contributed by atoms with Crippen molar-refractivity contribution in [3.8, 4) is 6.07 Å². The summed E-state index contributed by atoms with van der Waals surface area (Å²) < 4.78 is 27.5. The van der Waals surface area contributed by atoms with Crippen molar-refractivity contribution in [2.45, 2.75) is 23.8 Å². The van der Waals surface area contributed by atoms with Crippen LogP contribution in [0.2, 0.25) is 0 Å². The molecule has 1 aliphatic carbocycles. The lowest BCUT2D eigenvalue weighted by Gasteiger charge is -2.12. The fraction of sp³-hybridized carbons (Fsp3) is 0.176. The fourth-order valence-electron chi connectivity index (χ4n) is 2.20. The van der Waals surface area contributed by atoms with Crippen LogP contribution >= 0.6 is 0 Å². The first-order valence-corrected chi connectivity index (χ1v) is 8.91. The van der Waals surface area contributed by atoms with Crippen LogP contribution in [0, 0.1) is 11.3 Å². The van der Waals surface area contributed by atoms with Gasteiger partial charge in [-0.25, -0.2) is 8.42 Å². The van der Waals surface area contributed by atoms with Crippen LogP contribution < -0.4 is 10.0 Å². The summed E-state index contributed by atoms with van der Waals surface area (Å²) in [5.41, 5.74) is 0.722. The number of carbonyl (C=O) groups is 1. The molecule has 1 amide bonds. The normalized spacial score (nSPS) is 13.8. The number of anilines is 1. The summed E-state index contributed by atoms with van der Waals surface area (Å²) in [5, 5.41) is 11.7. The minimum absolute atomic E-state index is 0.0287. The molecule has 0 bridgehead atoms. The number of hydrogen-bond acceptors (Lipinski definition) is 4. The number of nitrogens with zero attached hydrogens (tertiary/aromatic N) is 1. The Labute approximate surface area is 140 Å². The summed E-state index contributed by atoms with van der Waals surface area (Å²) in [6.45, 7) is 0. The lowest BCUT2D eigenvalue weighted by molar-refractivity contribution is 0.0952. The third kappa shape index (κ3) is 3.55. The Morgan fingerprint density at radius 3 is 2.58 bits per heavy atom. The first-order valence-electron chi connectivity index (χ1n) is 7.42. The topological polar surface area (TPSA) is 99.1 Å². The Kier molecular flexibility index (Phi) is 4.23. The van der Waals surface area contributed by atoms with E-state index in [1.165, 1.54) is 30.3 Å². The van der Waals surface area contributed by atoms with Crippen LogP contribution in [-0.4, -0.2) is 20.4 Å². The van der Waals surface area contributed by atoms with Crippen molar-refractivity contribution in [1.82, 2.24) is 5.32 Å². The average molecular weight is 341 g/mol. The van der Waals surface area contributed by atoms with Crippen molar-refractivity contribution in [3.05, 3.63) is 59.7 Å². The van der Waals surface area contributed by atoms with Gasteiger partial charge in [-0.3, -0.25) is 9.52 Å². The maximum atomic E-state index is 12.5. The second-order valence-electron chi connectivity index (χ2n) is 5.54. The minimum atomic E-state index is -3.90. The molecule has 0 saturated heterocycles. The lowest BCUT2D eigenvalue weighted by atomic mass is 10.1. The molecular formula is C17H15N3O3S. The number of amides is 1. The third-order valence-corrected chi connectivity index (χ3v) is 4.97. The fourth-order valence-corrected chi connectivity index (χ4v) is 3.32. The average Bonchev–Trinajstić information content (AvgIpc) is 3.39. The molecule has 2 aromatic rings. The van der Waals surface area contributed by atoms with Gasteiger partial charge in [0.1, 0.15) is 0 Å². The van der Waals surface area contributed by atoms with E-state index >= 15 is 0 Å². The molecule has 0 heterocycles. The molecule has 24 heavy (non-hydrogen) atoms. The molecule has 0 aliphatic heterocycles. The van der Waals surface area contributed by atoms with E-state index in [4.69, 9.17) is 5.26 Å². The molecular weight excluding hydrogens is 326 g/mol. The Morgan fingerprint density at radius 2 is 1.88 bits per heavy atom. The van der Waals surface area contributed by atoms with E-state index in [0.29, 0.717) is 0 Å². The number of hydrogen-bond donors (Lipinski definition) is 2. The van der Waals surface area contributed by atoms with Crippen molar-refractivity contribution >= 4 is 21.6 Å². The van der Waals surface area contributed by atoms with Gasteiger partial charge in [0.25, 0.3) is 15.9 Å². The molecule has 6 nitrogen and oxygen atoms in total. The van der Waals surface area contributed by atoms with E-state index in [1.807, 2.05) is 6.07 Å². The molecule has 7 heteroatoms. The van der Waals surface area contributed by atoms with Gasteiger partial charge in [-0.05, 0) is 43.2 Å². The van der Waals surface area contributed by atoms with Crippen molar-refractivity contribution in [2.75, 3.05) is 4.72 Å². The van der Waals surface area contributed by atoms with Gasteiger partial charge in [0.2, 0.25) is 0 Å². The number of nitrogens with one attached hydrogen (secondary N) is 2. The van der Waals surface area contributed by atoms with Crippen LogP contribution in [0.3, 0.4) is 0 Å². The van der Waals surface area contributed by atoms with Gasteiger partial charge in [-0.2, -0.15) is 5.26 Å². The predicted molar refractivity (Wildman–Crippen MR) is 88.9 cm³/mol. The molecule has 0 radical (unpaired) electrons. The van der Waals surface area contributed by atoms with Crippen LogP contribution in [0.1, 0.15) is 28.8 Å². The van der Waals surface area contributed by atoms with Gasteiger partial charge < -0.3 is 5.32 Å². The van der Waals surface area contributed by atoms with E-state index in [2.05, 4.69) is 10.0 Å². The Morgan fingerprint density at radius 1 is 1.12 bits per heavy atom. The minimum Gasteiger partial charge on any atom is -0.349 e. The number of carbonyl (C=O) groups excluding carboxylic acids is 1. The van der Waals surface area contributed by atoms with Gasteiger partial charge in [-0.1, -0.05) is 18.2 Å². The van der Waals surface area contributed by atoms with Crippen LogP contribution in [0.4, 0.5) is 5.69 Å². The summed E-state index contributed by atoms with van der Waals surface area (Å²) in [6, 6.07) is 14.2. The van der Waals surface area contributed by atoms with Gasteiger partial charge in [-0.15, -0.1) is 0 Å². The summed E-state index contributed by atoms with van der Waals surface area (Å²) in [4.78, 5) is 12.2. The zero-order valence-corrected chi connectivity index (χ0v) is 13.5. The highest BCUT2D eigenvalue weighted by molar-refractivity contribution is 7.92. The molecule has 2 aromatic carbocycles. The number of benzene rings is 2. The van der Waals surface area contributed by atoms with Crippen LogP contribution in [0.15, 0.2) is 53.4 Å². The van der Waals surface area contributed by atoms with E-state index in [0.717, 1.165) is 12.8 Å². The number of nitriles is 1. The molecule has 0 unspecified atom stereocenters. The first-order chi connectivity index (χ1) is 11.5. The second kappa shape index (κ2) is 6.34. The number of sulfonamides is 1. The molecule has 0 aromatic heterocycles. The summed E-state index contributed by atoms with van der Waals surface area (Å²) in [5.74, 6) is -0.304. The highest BCUT2D eigenvalue weighted by Crippen LogP contribution is 2.23. The van der Waals surface area contributed by atoms with Crippen molar-refractivity contribution in [3.63, 3.8) is 0 Å². The van der Waals surface area contributed by atoms with E-state index in [-0.39, 0.29) is 33.7 Å². The zero-order valence-electron chi connectivity index (χ0n) is 12.7. The summed E-state index contributed by atoms with van der Waals surface area (Å²) >= 11 is 0. The number of rotatable bonds is 5. The number of para-hydroxylation sites is 1. The molecule has 2 N–H and O–H groups in total. The van der Waals surface area contributed by atoms with Gasteiger partial charge in [0, 0.05) is 6.04 Å². The Hall–Kier alpha value is -2.85. The Bertz CT molecular complexity index is 928. The monoisotopic (exact) mass is 341 g/mol. The van der Waals surface area contributed by atoms with Crippen LogP contribution in [0.5, 0.6) is 0 Å². The largest absolute Gasteiger partial charge is 0.349 e. The maximum absolute atomic E-state index is 12.5. The van der Waals surface area contributed by atoms with Crippen LogP contribution in [0.25, 0.3) is 0 Å². The first kappa shape index (κ1) is 16.0. The predicted octanol–water partition coefficient (Wildman–Crippen LogP) is 2.25. The van der Waals surface area contributed by atoms with Crippen molar-refractivity contribution in [1.29, 1.82) is 5.26 Å². The SMILES string of the molecule is N#Cc1cccc(S(=O)(=O)Nc2ccccc2C(=O)NC2CC2)c1. The third-order valence-electron chi connectivity index (χ3n) is 3.60. The van der Waals surface area contributed by atoms with Gasteiger partial charge in [0.05, 0.1) is 27.8 Å². The van der Waals surface area contributed by atoms with Crippen molar-refractivity contribution in [2.24, 2.45) is 0 Å². The molecule has 3 rings (SSSR count). The van der Waals surface area contributed by atoms with Gasteiger partial charge in [0.15, 0.2) is 0 Å². The molecule has 1 aliphatic rings. The van der Waals surface area contributed by atoms with E-state index < -0.39 is 10.0 Å². The highest BCUT2D eigenvalue weighted by Gasteiger charge is 2.25. The van der Waals surface area contributed by atoms with E-state index in [1.54, 1.807) is 18.2 Å². The van der Waals surface area contributed by atoms with E-state index in [9.17, 15) is 13.2 Å². The highest BCUT2D eigenvalue weighted by atomic mass is 32.2. The molecule has 122 valence electrons. The standard InChI is InChI=1S/C17H15N3O3S/c18-11-12-4-3-5-14(10-12)24(22,23)20-16-7-2-1-6-15(16)17(21)19-13-8-9-13/h1-7,10,13,20H,8-9H2,(H,19,21). The Balaban J connectivity index is 1.89. The molecule has 0 spiro atoms.